The highest BCUT2D eigenvalue weighted by molar-refractivity contribution is 7.12. The Hall–Kier alpha value is -1.36. The van der Waals surface area contributed by atoms with Gasteiger partial charge in [0.05, 0.1) is 4.88 Å². The van der Waals surface area contributed by atoms with E-state index >= 15 is 0 Å². The lowest BCUT2D eigenvalue weighted by atomic mass is 9.97. The van der Waals surface area contributed by atoms with Crippen molar-refractivity contribution in [3.05, 3.63) is 21.9 Å². The second-order valence-electron chi connectivity index (χ2n) is 6.88. The molecule has 2 rings (SSSR count). The van der Waals surface area contributed by atoms with E-state index in [1.54, 1.807) is 4.90 Å². The summed E-state index contributed by atoms with van der Waals surface area (Å²) in [6, 6.07) is 1.92. The van der Waals surface area contributed by atoms with Gasteiger partial charge in [-0.15, -0.1) is 11.3 Å². The smallest absolute Gasteiger partial charge is 0.410 e. The van der Waals surface area contributed by atoms with E-state index < -0.39 is 5.60 Å². The zero-order valence-electron chi connectivity index (χ0n) is 13.8. The summed E-state index contributed by atoms with van der Waals surface area (Å²) in [6.45, 7) is 8.23. The Balaban J connectivity index is 2.05. The number of piperidine rings is 1. The third kappa shape index (κ3) is 4.32. The summed E-state index contributed by atoms with van der Waals surface area (Å²) in [5.74, 6) is 0.132. The van der Waals surface area contributed by atoms with Crippen molar-refractivity contribution in [3.8, 4) is 0 Å². The van der Waals surface area contributed by atoms with Crippen LogP contribution in [0, 0.1) is 6.92 Å². The average Bonchev–Trinajstić information content (AvgIpc) is 2.83. The predicted molar refractivity (Wildman–Crippen MR) is 88.6 cm³/mol. The average molecular weight is 323 g/mol. The fourth-order valence-corrected chi connectivity index (χ4v) is 3.62. The van der Waals surface area contributed by atoms with Gasteiger partial charge in [-0.05, 0) is 64.0 Å². The van der Waals surface area contributed by atoms with Crippen molar-refractivity contribution in [1.29, 1.82) is 0 Å². The molecule has 0 bridgehead atoms. The van der Waals surface area contributed by atoms with E-state index in [0.29, 0.717) is 13.0 Å². The van der Waals surface area contributed by atoms with Crippen LogP contribution in [0.5, 0.6) is 0 Å². The number of ketones is 1. The number of hydrogen-bond donors (Lipinski definition) is 0. The summed E-state index contributed by atoms with van der Waals surface area (Å²) in [5, 5.41) is 1.94. The first-order valence-electron chi connectivity index (χ1n) is 7.85. The molecule has 0 spiro atoms. The largest absolute Gasteiger partial charge is 0.444 e. The molecule has 22 heavy (non-hydrogen) atoms. The lowest BCUT2D eigenvalue weighted by Gasteiger charge is -2.36. The van der Waals surface area contributed by atoms with Gasteiger partial charge in [0.1, 0.15) is 5.60 Å². The highest BCUT2D eigenvalue weighted by Crippen LogP contribution is 2.26. The van der Waals surface area contributed by atoms with E-state index in [1.165, 1.54) is 11.3 Å². The minimum atomic E-state index is -0.507. The maximum absolute atomic E-state index is 12.5. The zero-order valence-corrected chi connectivity index (χ0v) is 14.7. The Morgan fingerprint density at radius 2 is 2.09 bits per heavy atom. The van der Waals surface area contributed by atoms with Crippen LogP contribution in [0.25, 0.3) is 0 Å². The molecule has 2 heterocycles. The minimum Gasteiger partial charge on any atom is -0.444 e. The molecular formula is C17H25NO3S. The number of amides is 1. The topological polar surface area (TPSA) is 46.6 Å². The number of thiophene rings is 1. The number of nitrogens with zero attached hydrogens (tertiary/aromatic N) is 1. The summed E-state index contributed by atoms with van der Waals surface area (Å²) in [7, 11) is 0. The second-order valence-corrected chi connectivity index (χ2v) is 7.80. The number of aryl methyl sites for hydroxylation is 1. The summed E-state index contributed by atoms with van der Waals surface area (Å²) >= 11 is 1.48. The van der Waals surface area contributed by atoms with Crippen molar-refractivity contribution < 1.29 is 14.3 Å². The Morgan fingerprint density at radius 1 is 1.36 bits per heavy atom. The molecule has 1 aromatic rings. The monoisotopic (exact) mass is 323 g/mol. The highest BCUT2D eigenvalue weighted by Gasteiger charge is 2.32. The molecule has 1 saturated heterocycles. The number of rotatable bonds is 3. The molecule has 122 valence electrons. The van der Waals surface area contributed by atoms with Crippen LogP contribution >= 0.6 is 11.3 Å². The van der Waals surface area contributed by atoms with Crippen LogP contribution in [-0.4, -0.2) is 35.0 Å². The lowest BCUT2D eigenvalue weighted by Crippen LogP contribution is -2.46. The maximum atomic E-state index is 12.5. The molecule has 1 unspecified atom stereocenters. The molecule has 0 radical (unpaired) electrons. The standard InChI is InChI=1S/C17H25NO3S/c1-12-8-10-22-15(12)14(19)11-13-7-5-6-9-18(13)16(20)21-17(2,3)4/h8,10,13H,5-7,9,11H2,1-4H3. The fourth-order valence-electron chi connectivity index (χ4n) is 2.74. The van der Waals surface area contributed by atoms with Crippen molar-refractivity contribution in [2.75, 3.05) is 6.54 Å². The predicted octanol–water partition coefficient (Wildman–Crippen LogP) is 4.42. The fraction of sp³-hybridized carbons (Fsp3) is 0.647. The normalized spacial score (nSPS) is 19.1. The molecule has 1 aliphatic rings. The number of hydrogen-bond acceptors (Lipinski definition) is 4. The Bertz CT molecular complexity index is 544. The molecular weight excluding hydrogens is 298 g/mol. The van der Waals surface area contributed by atoms with Crippen molar-refractivity contribution in [2.45, 2.75) is 65.0 Å². The van der Waals surface area contributed by atoms with E-state index in [0.717, 1.165) is 29.7 Å². The molecule has 1 amide bonds. The van der Waals surface area contributed by atoms with Gasteiger partial charge < -0.3 is 9.64 Å². The minimum absolute atomic E-state index is 0.0439. The Kier molecular flexibility index (Phi) is 5.27. The van der Waals surface area contributed by atoms with Crippen LogP contribution in [0.3, 0.4) is 0 Å². The molecule has 4 nitrogen and oxygen atoms in total. The molecule has 0 saturated carbocycles. The molecule has 5 heteroatoms. The van der Waals surface area contributed by atoms with Crippen LogP contribution < -0.4 is 0 Å². The van der Waals surface area contributed by atoms with E-state index in [9.17, 15) is 9.59 Å². The quantitative estimate of drug-likeness (QED) is 0.774. The van der Waals surface area contributed by atoms with Gasteiger partial charge in [0, 0.05) is 19.0 Å². The first kappa shape index (κ1) is 17.0. The van der Waals surface area contributed by atoms with Gasteiger partial charge >= 0.3 is 6.09 Å². The van der Waals surface area contributed by atoms with Crippen molar-refractivity contribution >= 4 is 23.2 Å². The Labute approximate surface area is 136 Å². The third-order valence-corrected chi connectivity index (χ3v) is 4.85. The van der Waals surface area contributed by atoms with Gasteiger partial charge in [0.15, 0.2) is 5.78 Å². The van der Waals surface area contributed by atoms with Gasteiger partial charge in [-0.25, -0.2) is 4.79 Å². The van der Waals surface area contributed by atoms with Gasteiger partial charge in [-0.1, -0.05) is 0 Å². The van der Waals surface area contributed by atoms with Gasteiger partial charge in [-0.3, -0.25) is 4.79 Å². The van der Waals surface area contributed by atoms with Crippen LogP contribution in [0.2, 0.25) is 0 Å². The molecule has 1 fully saturated rings. The van der Waals surface area contributed by atoms with Crippen LogP contribution in [-0.2, 0) is 4.74 Å². The molecule has 0 aromatic carbocycles. The summed E-state index contributed by atoms with van der Waals surface area (Å²) in [5.41, 5.74) is 0.516. The molecule has 0 N–H and O–H groups in total. The van der Waals surface area contributed by atoms with Crippen LogP contribution in [0.15, 0.2) is 11.4 Å². The SMILES string of the molecule is Cc1ccsc1C(=O)CC1CCCCN1C(=O)OC(C)(C)C. The van der Waals surface area contributed by atoms with Crippen LogP contribution in [0.1, 0.15) is 61.7 Å². The zero-order chi connectivity index (χ0) is 16.3. The summed E-state index contributed by atoms with van der Waals surface area (Å²) in [4.78, 5) is 27.4. The van der Waals surface area contributed by atoms with Gasteiger partial charge in [-0.2, -0.15) is 0 Å². The molecule has 0 aliphatic carbocycles. The first-order valence-corrected chi connectivity index (χ1v) is 8.73. The molecule has 1 atom stereocenters. The number of carbonyl (C=O) groups is 2. The lowest BCUT2D eigenvalue weighted by molar-refractivity contribution is 0.00948. The third-order valence-electron chi connectivity index (χ3n) is 3.79. The van der Waals surface area contributed by atoms with Crippen molar-refractivity contribution in [3.63, 3.8) is 0 Å². The van der Waals surface area contributed by atoms with Crippen molar-refractivity contribution in [1.82, 2.24) is 4.90 Å². The Morgan fingerprint density at radius 3 is 2.68 bits per heavy atom. The maximum Gasteiger partial charge on any atom is 0.410 e. The molecule has 1 aromatic heterocycles. The number of likely N-dealkylation sites (tertiary alicyclic amines) is 1. The van der Waals surface area contributed by atoms with Crippen molar-refractivity contribution in [2.24, 2.45) is 0 Å². The van der Waals surface area contributed by atoms with E-state index in [1.807, 2.05) is 39.1 Å². The molecule has 1 aliphatic heterocycles. The van der Waals surface area contributed by atoms with Gasteiger partial charge in [0.25, 0.3) is 0 Å². The van der Waals surface area contributed by atoms with Gasteiger partial charge in [0.2, 0.25) is 0 Å². The van der Waals surface area contributed by atoms with E-state index in [2.05, 4.69) is 0 Å². The number of Topliss-reactive ketones (excluding diaryl/α,β-unsaturated/α-hetero) is 1. The number of carbonyl (C=O) groups excluding carboxylic acids is 2. The summed E-state index contributed by atoms with van der Waals surface area (Å²) in [6.07, 6.45) is 2.99. The highest BCUT2D eigenvalue weighted by atomic mass is 32.1. The second kappa shape index (κ2) is 6.82. The number of ether oxygens (including phenoxy) is 1. The van der Waals surface area contributed by atoms with E-state index in [-0.39, 0.29) is 17.9 Å². The first-order chi connectivity index (χ1) is 10.3. The van der Waals surface area contributed by atoms with E-state index in [4.69, 9.17) is 4.74 Å². The van der Waals surface area contributed by atoms with Crippen LogP contribution in [0.4, 0.5) is 4.79 Å². The summed E-state index contributed by atoms with van der Waals surface area (Å²) < 4.78 is 5.48.